The topological polar surface area (TPSA) is 66.9 Å². The number of halogens is 1. The van der Waals surface area contributed by atoms with Crippen LogP contribution in [0.25, 0.3) is 0 Å². The van der Waals surface area contributed by atoms with Crippen molar-refractivity contribution in [2.24, 2.45) is 0 Å². The number of hydrogen-bond donors (Lipinski definition) is 0. The van der Waals surface area contributed by atoms with Crippen LogP contribution in [0.3, 0.4) is 0 Å². The van der Waals surface area contributed by atoms with Crippen LogP contribution in [0.4, 0.5) is 4.39 Å². The first-order valence-electron chi connectivity index (χ1n) is 11.2. The highest BCUT2D eigenvalue weighted by atomic mass is 32.2. The summed E-state index contributed by atoms with van der Waals surface area (Å²) in [7, 11) is -2.08. The van der Waals surface area contributed by atoms with Crippen molar-refractivity contribution in [3.63, 3.8) is 0 Å². The molecule has 6 nitrogen and oxygen atoms in total. The maximum absolute atomic E-state index is 13.6. The highest BCUT2D eigenvalue weighted by Crippen LogP contribution is 2.33. The summed E-state index contributed by atoms with van der Waals surface area (Å²) in [5, 5.41) is 0. The minimum absolute atomic E-state index is 0.0861. The summed E-state index contributed by atoms with van der Waals surface area (Å²) in [6, 6.07) is 11.8. The van der Waals surface area contributed by atoms with E-state index in [0.29, 0.717) is 50.1 Å². The van der Waals surface area contributed by atoms with Crippen molar-refractivity contribution in [2.45, 2.75) is 55.6 Å². The number of fused-ring (bicyclic) bond motifs is 2. The van der Waals surface area contributed by atoms with Crippen molar-refractivity contribution >= 4 is 15.9 Å². The van der Waals surface area contributed by atoms with E-state index in [1.807, 2.05) is 12.1 Å². The standard InChI is InChI=1S/C24H29FN2O4S/c1-26-16-6-7-17-27(32(29,30)19-14-12-18(25)13-15-19)21-9-3-5-11-23(21)31-22-10-4-2-8-20(22)24(26)28/h2,4,8,10,12-15,21,23H,3,5-7,9,11,16-17H2,1H3/t21-,23+/m1/s1. The monoisotopic (exact) mass is 460 g/mol. The molecule has 1 fully saturated rings. The molecule has 1 amide bonds. The van der Waals surface area contributed by atoms with Gasteiger partial charge in [-0.05, 0) is 68.5 Å². The van der Waals surface area contributed by atoms with Crippen LogP contribution in [0, 0.1) is 5.82 Å². The molecule has 1 aliphatic heterocycles. The predicted molar refractivity (Wildman–Crippen MR) is 120 cm³/mol. The van der Waals surface area contributed by atoms with E-state index in [1.54, 1.807) is 28.4 Å². The Morgan fingerprint density at radius 1 is 0.938 bits per heavy atom. The molecule has 8 heteroatoms. The molecule has 4 rings (SSSR count). The smallest absolute Gasteiger partial charge is 0.257 e. The van der Waals surface area contributed by atoms with Crippen molar-refractivity contribution < 1.29 is 22.3 Å². The first-order valence-corrected chi connectivity index (χ1v) is 12.6. The molecule has 1 heterocycles. The fourth-order valence-corrected chi connectivity index (χ4v) is 6.30. The van der Waals surface area contributed by atoms with Gasteiger partial charge in [0.15, 0.2) is 0 Å². The molecular weight excluding hydrogens is 431 g/mol. The third-order valence-corrected chi connectivity index (χ3v) is 8.26. The van der Waals surface area contributed by atoms with Gasteiger partial charge in [-0.2, -0.15) is 4.31 Å². The van der Waals surface area contributed by atoms with Crippen LogP contribution in [0.1, 0.15) is 48.9 Å². The summed E-state index contributed by atoms with van der Waals surface area (Å²) >= 11 is 0. The van der Waals surface area contributed by atoms with Gasteiger partial charge in [0.05, 0.1) is 16.5 Å². The van der Waals surface area contributed by atoms with Crippen LogP contribution in [0.2, 0.25) is 0 Å². The highest BCUT2D eigenvalue weighted by Gasteiger charge is 2.39. The predicted octanol–water partition coefficient (Wildman–Crippen LogP) is 4.07. The first-order chi connectivity index (χ1) is 15.4. The number of amides is 1. The molecule has 2 aromatic rings. The van der Waals surface area contributed by atoms with Crippen LogP contribution >= 0.6 is 0 Å². The van der Waals surface area contributed by atoms with Gasteiger partial charge in [0.1, 0.15) is 17.7 Å². The summed E-state index contributed by atoms with van der Waals surface area (Å²) < 4.78 is 48.6. The summed E-state index contributed by atoms with van der Waals surface area (Å²) in [6.45, 7) is 0.847. The third kappa shape index (κ3) is 4.66. The molecule has 32 heavy (non-hydrogen) atoms. The van der Waals surface area contributed by atoms with E-state index in [4.69, 9.17) is 4.74 Å². The summed E-state index contributed by atoms with van der Waals surface area (Å²) in [4.78, 5) is 14.7. The van der Waals surface area contributed by atoms with Gasteiger partial charge in [0.25, 0.3) is 5.91 Å². The average Bonchev–Trinajstić information content (AvgIpc) is 2.79. The van der Waals surface area contributed by atoms with E-state index in [1.165, 1.54) is 24.3 Å². The minimum atomic E-state index is -3.83. The molecule has 0 bridgehead atoms. The normalized spacial score (nSPS) is 23.3. The van der Waals surface area contributed by atoms with E-state index in [-0.39, 0.29) is 22.9 Å². The van der Waals surface area contributed by atoms with E-state index in [2.05, 4.69) is 0 Å². The number of hydrogen-bond acceptors (Lipinski definition) is 4. The van der Waals surface area contributed by atoms with Gasteiger partial charge in [0.2, 0.25) is 10.0 Å². The summed E-state index contributed by atoms with van der Waals surface area (Å²) in [5.41, 5.74) is 0.493. The lowest BCUT2D eigenvalue weighted by atomic mass is 9.92. The van der Waals surface area contributed by atoms with Crippen molar-refractivity contribution in [1.82, 2.24) is 9.21 Å². The fraction of sp³-hybridized carbons (Fsp3) is 0.458. The number of para-hydroxylation sites is 1. The molecule has 1 aliphatic carbocycles. The fourth-order valence-electron chi connectivity index (χ4n) is 4.58. The lowest BCUT2D eigenvalue weighted by molar-refractivity contribution is 0.0658. The number of benzene rings is 2. The first kappa shape index (κ1) is 22.7. The maximum Gasteiger partial charge on any atom is 0.257 e. The van der Waals surface area contributed by atoms with Crippen molar-refractivity contribution in [3.05, 3.63) is 59.9 Å². The van der Waals surface area contributed by atoms with Crippen molar-refractivity contribution in [2.75, 3.05) is 20.1 Å². The molecule has 0 saturated heterocycles. The van der Waals surface area contributed by atoms with Gasteiger partial charge in [0, 0.05) is 20.1 Å². The number of carbonyl (C=O) groups is 1. The van der Waals surface area contributed by atoms with Crippen LogP contribution in [-0.4, -0.2) is 55.8 Å². The quantitative estimate of drug-likeness (QED) is 0.678. The van der Waals surface area contributed by atoms with Crippen LogP contribution in [0.5, 0.6) is 5.75 Å². The Morgan fingerprint density at radius 3 is 2.41 bits per heavy atom. The van der Waals surface area contributed by atoms with Gasteiger partial charge in [-0.1, -0.05) is 18.6 Å². The SMILES string of the molecule is CN1CCCCN(S(=O)(=O)c2ccc(F)cc2)[C@@H]2CCCC[C@@H]2Oc2ccccc2C1=O. The third-order valence-electron chi connectivity index (χ3n) is 6.32. The van der Waals surface area contributed by atoms with E-state index in [9.17, 15) is 17.6 Å². The highest BCUT2D eigenvalue weighted by molar-refractivity contribution is 7.89. The molecule has 1 saturated carbocycles. The van der Waals surface area contributed by atoms with Crippen LogP contribution in [-0.2, 0) is 10.0 Å². The van der Waals surface area contributed by atoms with Gasteiger partial charge < -0.3 is 9.64 Å². The zero-order valence-corrected chi connectivity index (χ0v) is 19.1. The summed E-state index contributed by atoms with van der Waals surface area (Å²) in [5.74, 6) is -0.0777. The number of ether oxygens (including phenoxy) is 1. The molecule has 2 aliphatic rings. The molecule has 0 unspecified atom stereocenters. The molecular formula is C24H29FN2O4S. The molecule has 0 radical (unpaired) electrons. The van der Waals surface area contributed by atoms with Crippen molar-refractivity contribution in [1.29, 1.82) is 0 Å². The second kappa shape index (κ2) is 9.58. The Hall–Kier alpha value is -2.45. The lowest BCUT2D eigenvalue weighted by Gasteiger charge is -2.39. The number of sulfonamides is 1. The molecule has 2 atom stereocenters. The lowest BCUT2D eigenvalue weighted by Crippen LogP contribution is -2.51. The molecule has 0 aromatic heterocycles. The molecule has 172 valence electrons. The minimum Gasteiger partial charge on any atom is -0.488 e. The van der Waals surface area contributed by atoms with Crippen molar-refractivity contribution in [3.8, 4) is 5.75 Å². The van der Waals surface area contributed by atoms with Gasteiger partial charge >= 0.3 is 0 Å². The largest absolute Gasteiger partial charge is 0.488 e. The molecule has 2 aromatic carbocycles. The van der Waals surface area contributed by atoms with Gasteiger partial charge in [-0.3, -0.25) is 4.79 Å². The molecule has 0 spiro atoms. The average molecular weight is 461 g/mol. The zero-order valence-electron chi connectivity index (χ0n) is 18.2. The summed E-state index contributed by atoms with van der Waals surface area (Å²) in [6.07, 6.45) is 4.16. The van der Waals surface area contributed by atoms with Gasteiger partial charge in [-0.25, -0.2) is 12.8 Å². The number of rotatable bonds is 2. The number of carbonyl (C=O) groups excluding carboxylic acids is 1. The Bertz CT molecular complexity index is 1060. The zero-order chi connectivity index (χ0) is 22.7. The van der Waals surface area contributed by atoms with E-state index in [0.717, 1.165) is 12.8 Å². The van der Waals surface area contributed by atoms with Crippen LogP contribution in [0.15, 0.2) is 53.4 Å². The molecule has 0 N–H and O–H groups in total. The second-order valence-electron chi connectivity index (χ2n) is 8.51. The Balaban J connectivity index is 1.74. The Labute approximate surface area is 189 Å². The van der Waals surface area contributed by atoms with E-state index >= 15 is 0 Å². The van der Waals surface area contributed by atoms with Crippen LogP contribution < -0.4 is 4.74 Å². The Kier molecular flexibility index (Phi) is 6.81. The second-order valence-corrected chi connectivity index (χ2v) is 10.4. The van der Waals surface area contributed by atoms with E-state index < -0.39 is 15.8 Å². The maximum atomic E-state index is 13.6. The Morgan fingerprint density at radius 2 is 1.62 bits per heavy atom. The number of nitrogens with zero attached hydrogens (tertiary/aromatic N) is 2. The van der Waals surface area contributed by atoms with Gasteiger partial charge in [-0.15, -0.1) is 0 Å².